The smallest absolute Gasteiger partial charge is 0.414 e. The van der Waals surface area contributed by atoms with E-state index in [2.05, 4.69) is 4.90 Å². The molecule has 194 valence electrons. The van der Waals surface area contributed by atoms with Crippen molar-refractivity contribution >= 4 is 23.5 Å². The van der Waals surface area contributed by atoms with Crippen molar-refractivity contribution in [3.8, 4) is 17.2 Å². The summed E-state index contributed by atoms with van der Waals surface area (Å²) in [4.78, 5) is 45.2. The molecule has 2 aromatic rings. The molecule has 0 aliphatic carbocycles. The molecule has 36 heavy (non-hydrogen) atoms. The van der Waals surface area contributed by atoms with Crippen molar-refractivity contribution in [3.63, 3.8) is 0 Å². The Kier molecular flexibility index (Phi) is 9.98. The molecule has 0 spiro atoms. The van der Waals surface area contributed by atoms with Gasteiger partial charge in [-0.25, -0.2) is 9.59 Å². The van der Waals surface area contributed by atoms with Crippen molar-refractivity contribution in [3.05, 3.63) is 57.6 Å². The Labute approximate surface area is 206 Å². The molecule has 0 aromatic heterocycles. The van der Waals surface area contributed by atoms with Gasteiger partial charge in [0, 0.05) is 50.4 Å². The Bertz CT molecular complexity index is 1060. The van der Waals surface area contributed by atoms with Crippen LogP contribution in [0.3, 0.4) is 0 Å². The first-order valence-corrected chi connectivity index (χ1v) is 10.6. The number of hydrogen-bond acceptors (Lipinski definition) is 9. The standard InChI is InChI=1S/C21H25N3O6.C2H2O4/c1-28-18-12-15(13-19(29-2)20(18)30-3)14-22-8-10-23(11-9-22)21(25)16-4-6-17(7-5-16)24(26)27;3-1(4)2(5)6/h4-7,12-13H,8-11,14H2,1-3H3;(H,3,4)(H,5,6). The van der Waals surface area contributed by atoms with E-state index in [1.54, 1.807) is 26.2 Å². The van der Waals surface area contributed by atoms with E-state index in [0.29, 0.717) is 42.4 Å². The summed E-state index contributed by atoms with van der Waals surface area (Å²) in [6.07, 6.45) is 0. The summed E-state index contributed by atoms with van der Waals surface area (Å²) in [6, 6.07) is 9.57. The molecule has 0 saturated carbocycles. The lowest BCUT2D eigenvalue weighted by atomic mass is 10.1. The molecule has 1 aliphatic rings. The third-order valence-corrected chi connectivity index (χ3v) is 5.30. The normalized spacial score (nSPS) is 13.1. The number of nitro benzene ring substituents is 1. The number of ether oxygens (including phenoxy) is 3. The molecular weight excluding hydrogens is 478 g/mol. The molecule has 0 radical (unpaired) electrons. The third-order valence-electron chi connectivity index (χ3n) is 5.30. The number of carbonyl (C=O) groups excluding carboxylic acids is 1. The lowest BCUT2D eigenvalue weighted by Crippen LogP contribution is -2.48. The largest absolute Gasteiger partial charge is 0.493 e. The summed E-state index contributed by atoms with van der Waals surface area (Å²) in [5.41, 5.74) is 1.46. The second kappa shape index (κ2) is 12.9. The summed E-state index contributed by atoms with van der Waals surface area (Å²) in [5.74, 6) is -1.98. The van der Waals surface area contributed by atoms with Crippen LogP contribution in [0.5, 0.6) is 17.2 Å². The third kappa shape index (κ3) is 7.30. The first-order chi connectivity index (χ1) is 17.1. The molecule has 2 N–H and O–H groups in total. The predicted octanol–water partition coefficient (Wildman–Crippen LogP) is 1.73. The zero-order chi connectivity index (χ0) is 26.8. The number of amides is 1. The molecule has 1 saturated heterocycles. The van der Waals surface area contributed by atoms with Crippen molar-refractivity contribution in [2.24, 2.45) is 0 Å². The van der Waals surface area contributed by atoms with Gasteiger partial charge in [0.2, 0.25) is 5.75 Å². The minimum Gasteiger partial charge on any atom is -0.493 e. The minimum atomic E-state index is -1.82. The van der Waals surface area contributed by atoms with Crippen LogP contribution in [0.25, 0.3) is 0 Å². The van der Waals surface area contributed by atoms with Crippen LogP contribution in [0, 0.1) is 10.1 Å². The van der Waals surface area contributed by atoms with E-state index in [0.717, 1.165) is 18.7 Å². The maximum absolute atomic E-state index is 12.7. The number of methoxy groups -OCH3 is 3. The fraction of sp³-hybridized carbons (Fsp3) is 0.348. The number of carbonyl (C=O) groups is 3. The van der Waals surface area contributed by atoms with Crippen LogP contribution < -0.4 is 14.2 Å². The van der Waals surface area contributed by atoms with Gasteiger partial charge in [0.05, 0.1) is 26.3 Å². The van der Waals surface area contributed by atoms with E-state index in [-0.39, 0.29) is 11.6 Å². The Morgan fingerprint density at radius 2 is 1.39 bits per heavy atom. The lowest BCUT2D eigenvalue weighted by molar-refractivity contribution is -0.384. The van der Waals surface area contributed by atoms with E-state index >= 15 is 0 Å². The molecule has 3 rings (SSSR count). The fourth-order valence-corrected chi connectivity index (χ4v) is 3.50. The van der Waals surface area contributed by atoms with E-state index in [9.17, 15) is 14.9 Å². The summed E-state index contributed by atoms with van der Waals surface area (Å²) in [6.45, 7) is 3.29. The van der Waals surface area contributed by atoms with Gasteiger partial charge in [0.1, 0.15) is 0 Å². The minimum absolute atomic E-state index is 0.0262. The highest BCUT2D eigenvalue weighted by Gasteiger charge is 2.23. The second-order valence-corrected chi connectivity index (χ2v) is 7.52. The number of carboxylic acids is 2. The highest BCUT2D eigenvalue weighted by atomic mass is 16.6. The van der Waals surface area contributed by atoms with E-state index in [1.165, 1.54) is 24.3 Å². The van der Waals surface area contributed by atoms with Gasteiger partial charge in [-0.1, -0.05) is 0 Å². The van der Waals surface area contributed by atoms with Crippen LogP contribution in [0.2, 0.25) is 0 Å². The summed E-state index contributed by atoms with van der Waals surface area (Å²) in [5, 5.41) is 25.6. The molecule has 0 atom stereocenters. The number of aliphatic carboxylic acids is 2. The Hall–Kier alpha value is -4.39. The molecular formula is C23H27N3O10. The summed E-state index contributed by atoms with van der Waals surface area (Å²) >= 11 is 0. The molecule has 0 unspecified atom stereocenters. The van der Waals surface area contributed by atoms with Crippen LogP contribution >= 0.6 is 0 Å². The van der Waals surface area contributed by atoms with Gasteiger partial charge in [0.25, 0.3) is 11.6 Å². The van der Waals surface area contributed by atoms with Crippen molar-refractivity contribution in [2.45, 2.75) is 6.54 Å². The number of rotatable bonds is 7. The Morgan fingerprint density at radius 3 is 1.78 bits per heavy atom. The van der Waals surface area contributed by atoms with Gasteiger partial charge in [-0.05, 0) is 29.8 Å². The zero-order valence-electron chi connectivity index (χ0n) is 20.0. The van der Waals surface area contributed by atoms with Crippen LogP contribution in [0.1, 0.15) is 15.9 Å². The molecule has 1 amide bonds. The lowest BCUT2D eigenvalue weighted by Gasteiger charge is -2.35. The van der Waals surface area contributed by atoms with Gasteiger partial charge >= 0.3 is 11.9 Å². The Morgan fingerprint density at radius 1 is 0.889 bits per heavy atom. The van der Waals surface area contributed by atoms with Gasteiger partial charge in [-0.2, -0.15) is 0 Å². The number of nitro groups is 1. The molecule has 13 heteroatoms. The second-order valence-electron chi connectivity index (χ2n) is 7.52. The highest BCUT2D eigenvalue weighted by molar-refractivity contribution is 6.27. The average molecular weight is 505 g/mol. The van der Waals surface area contributed by atoms with Gasteiger partial charge < -0.3 is 29.3 Å². The number of benzene rings is 2. The van der Waals surface area contributed by atoms with E-state index in [4.69, 9.17) is 34.0 Å². The van der Waals surface area contributed by atoms with Crippen LogP contribution in [0.15, 0.2) is 36.4 Å². The Balaban J connectivity index is 0.000000678. The molecule has 1 aliphatic heterocycles. The van der Waals surface area contributed by atoms with Gasteiger partial charge in [-0.3, -0.25) is 19.8 Å². The van der Waals surface area contributed by atoms with Crippen LogP contribution in [-0.2, 0) is 16.1 Å². The number of piperazine rings is 1. The van der Waals surface area contributed by atoms with Crippen molar-refractivity contribution < 1.29 is 43.7 Å². The molecule has 1 heterocycles. The quantitative estimate of drug-likeness (QED) is 0.319. The maximum Gasteiger partial charge on any atom is 0.414 e. The van der Waals surface area contributed by atoms with Crippen LogP contribution in [-0.4, -0.2) is 90.3 Å². The number of hydrogen-bond donors (Lipinski definition) is 2. The van der Waals surface area contributed by atoms with Crippen molar-refractivity contribution in [1.82, 2.24) is 9.80 Å². The summed E-state index contributed by atoms with van der Waals surface area (Å²) in [7, 11) is 4.74. The number of nitrogens with zero attached hydrogens (tertiary/aromatic N) is 3. The van der Waals surface area contributed by atoms with Crippen molar-refractivity contribution in [2.75, 3.05) is 47.5 Å². The average Bonchev–Trinajstić information content (AvgIpc) is 2.88. The van der Waals surface area contributed by atoms with Crippen LogP contribution in [0.4, 0.5) is 5.69 Å². The number of non-ortho nitro benzene ring substituents is 1. The van der Waals surface area contributed by atoms with E-state index in [1.807, 2.05) is 12.1 Å². The van der Waals surface area contributed by atoms with E-state index < -0.39 is 16.9 Å². The summed E-state index contributed by atoms with van der Waals surface area (Å²) < 4.78 is 16.2. The van der Waals surface area contributed by atoms with Gasteiger partial charge in [0.15, 0.2) is 11.5 Å². The fourth-order valence-electron chi connectivity index (χ4n) is 3.50. The first kappa shape index (κ1) is 27.9. The maximum atomic E-state index is 12.7. The molecule has 2 aromatic carbocycles. The predicted molar refractivity (Wildman–Crippen MR) is 126 cm³/mol. The molecule has 0 bridgehead atoms. The SMILES string of the molecule is COc1cc(CN2CCN(C(=O)c3ccc([N+](=O)[O-])cc3)CC2)cc(OC)c1OC.O=C(O)C(=O)O. The molecule has 13 nitrogen and oxygen atoms in total. The topological polar surface area (TPSA) is 169 Å². The highest BCUT2D eigenvalue weighted by Crippen LogP contribution is 2.38. The van der Waals surface area contributed by atoms with Gasteiger partial charge in [-0.15, -0.1) is 0 Å². The molecule has 1 fully saturated rings. The monoisotopic (exact) mass is 505 g/mol. The first-order valence-electron chi connectivity index (χ1n) is 10.6. The number of carboxylic acid groups (broad SMARTS) is 2. The van der Waals surface area contributed by atoms with Crippen molar-refractivity contribution in [1.29, 1.82) is 0 Å². The zero-order valence-corrected chi connectivity index (χ0v) is 20.0.